The van der Waals surface area contributed by atoms with Crippen molar-refractivity contribution in [1.29, 1.82) is 0 Å². The van der Waals surface area contributed by atoms with Crippen LogP contribution < -0.4 is 10.6 Å². The van der Waals surface area contributed by atoms with Gasteiger partial charge in [-0.3, -0.25) is 4.98 Å². The Morgan fingerprint density at radius 2 is 2.18 bits per heavy atom. The van der Waals surface area contributed by atoms with E-state index in [1.165, 1.54) is 18.6 Å². The van der Waals surface area contributed by atoms with Crippen LogP contribution in [-0.2, 0) is 0 Å². The second kappa shape index (κ2) is 6.69. The smallest absolute Gasteiger partial charge is 0.146 e. The SMILES string of the molecule is CCCNc1cncc(NCC2CCCS2)n1. The molecule has 1 fully saturated rings. The molecule has 1 aliphatic rings. The van der Waals surface area contributed by atoms with E-state index in [4.69, 9.17) is 0 Å². The van der Waals surface area contributed by atoms with Crippen LogP contribution in [0.2, 0.25) is 0 Å². The van der Waals surface area contributed by atoms with Gasteiger partial charge in [0.2, 0.25) is 0 Å². The van der Waals surface area contributed by atoms with Gasteiger partial charge in [0.15, 0.2) is 0 Å². The van der Waals surface area contributed by atoms with E-state index in [1.807, 2.05) is 0 Å². The minimum Gasteiger partial charge on any atom is -0.369 e. The van der Waals surface area contributed by atoms with Gasteiger partial charge >= 0.3 is 0 Å². The highest BCUT2D eigenvalue weighted by Gasteiger charge is 2.15. The third-order valence-electron chi connectivity index (χ3n) is 2.73. The second-order valence-electron chi connectivity index (χ2n) is 4.23. The summed E-state index contributed by atoms with van der Waals surface area (Å²) >= 11 is 2.05. The van der Waals surface area contributed by atoms with Crippen molar-refractivity contribution in [2.24, 2.45) is 0 Å². The molecule has 2 N–H and O–H groups in total. The molecular weight excluding hydrogens is 232 g/mol. The molecule has 0 radical (unpaired) electrons. The molecule has 0 amide bonds. The Labute approximate surface area is 107 Å². The van der Waals surface area contributed by atoms with E-state index < -0.39 is 0 Å². The zero-order valence-electron chi connectivity index (χ0n) is 10.3. The van der Waals surface area contributed by atoms with Crippen molar-refractivity contribution in [1.82, 2.24) is 9.97 Å². The van der Waals surface area contributed by atoms with Gasteiger partial charge in [0.25, 0.3) is 0 Å². The number of aromatic nitrogens is 2. The van der Waals surface area contributed by atoms with Gasteiger partial charge in [-0.15, -0.1) is 0 Å². The fourth-order valence-electron chi connectivity index (χ4n) is 1.81. The van der Waals surface area contributed by atoms with E-state index in [0.717, 1.165) is 36.4 Å². The molecule has 17 heavy (non-hydrogen) atoms. The first-order chi connectivity index (χ1) is 8.38. The predicted molar refractivity (Wildman–Crippen MR) is 74.8 cm³/mol. The van der Waals surface area contributed by atoms with Crippen LogP contribution >= 0.6 is 11.8 Å². The quantitative estimate of drug-likeness (QED) is 0.815. The van der Waals surface area contributed by atoms with Crippen molar-refractivity contribution in [2.75, 3.05) is 29.5 Å². The summed E-state index contributed by atoms with van der Waals surface area (Å²) in [7, 11) is 0. The Morgan fingerprint density at radius 3 is 2.88 bits per heavy atom. The van der Waals surface area contributed by atoms with Crippen LogP contribution in [-0.4, -0.2) is 34.1 Å². The van der Waals surface area contributed by atoms with Crippen LogP contribution in [0.1, 0.15) is 26.2 Å². The summed E-state index contributed by atoms with van der Waals surface area (Å²) < 4.78 is 0. The molecule has 0 spiro atoms. The van der Waals surface area contributed by atoms with Crippen molar-refractivity contribution < 1.29 is 0 Å². The van der Waals surface area contributed by atoms with Gasteiger partial charge in [0.05, 0.1) is 12.4 Å². The number of anilines is 2. The van der Waals surface area contributed by atoms with Crippen LogP contribution in [0.3, 0.4) is 0 Å². The zero-order valence-corrected chi connectivity index (χ0v) is 11.1. The number of rotatable bonds is 6. The molecule has 5 heteroatoms. The van der Waals surface area contributed by atoms with Crippen LogP contribution in [0.25, 0.3) is 0 Å². The molecule has 0 aromatic carbocycles. The van der Waals surface area contributed by atoms with Crippen LogP contribution in [0.15, 0.2) is 12.4 Å². The van der Waals surface area contributed by atoms with Gasteiger partial charge in [-0.25, -0.2) is 4.98 Å². The lowest BCUT2D eigenvalue weighted by atomic mass is 10.2. The van der Waals surface area contributed by atoms with Gasteiger partial charge in [-0.05, 0) is 25.0 Å². The Kier molecular flexibility index (Phi) is 4.91. The number of hydrogen-bond donors (Lipinski definition) is 2. The number of thioether (sulfide) groups is 1. The molecule has 1 atom stereocenters. The first-order valence-corrected chi connectivity index (χ1v) is 7.34. The van der Waals surface area contributed by atoms with Gasteiger partial charge in [0.1, 0.15) is 11.6 Å². The summed E-state index contributed by atoms with van der Waals surface area (Å²) in [5.74, 6) is 3.03. The lowest BCUT2D eigenvalue weighted by Gasteiger charge is -2.11. The predicted octanol–water partition coefficient (Wildman–Crippen LogP) is 2.61. The first-order valence-electron chi connectivity index (χ1n) is 6.30. The Morgan fingerprint density at radius 1 is 1.35 bits per heavy atom. The molecular formula is C12H20N4S. The molecule has 2 heterocycles. The summed E-state index contributed by atoms with van der Waals surface area (Å²) in [5, 5.41) is 7.35. The minimum absolute atomic E-state index is 0.740. The van der Waals surface area contributed by atoms with E-state index in [-0.39, 0.29) is 0 Å². The van der Waals surface area contributed by atoms with Gasteiger partial charge in [0, 0.05) is 18.3 Å². The van der Waals surface area contributed by atoms with Crippen molar-refractivity contribution in [3.05, 3.63) is 12.4 Å². The third-order valence-corrected chi connectivity index (χ3v) is 4.12. The molecule has 1 saturated heterocycles. The summed E-state index contributed by atoms with van der Waals surface area (Å²) in [6.07, 6.45) is 7.32. The van der Waals surface area contributed by atoms with Gasteiger partial charge < -0.3 is 10.6 Å². The molecule has 0 saturated carbocycles. The highest BCUT2D eigenvalue weighted by atomic mass is 32.2. The summed E-state index contributed by atoms with van der Waals surface area (Å²) in [5.41, 5.74) is 0. The third kappa shape index (κ3) is 4.07. The van der Waals surface area contributed by atoms with Crippen LogP contribution in [0.5, 0.6) is 0 Å². The highest BCUT2D eigenvalue weighted by molar-refractivity contribution is 8.00. The molecule has 4 nitrogen and oxygen atoms in total. The molecule has 2 rings (SSSR count). The second-order valence-corrected chi connectivity index (χ2v) is 5.64. The Balaban J connectivity index is 1.82. The molecule has 1 aromatic heterocycles. The van der Waals surface area contributed by atoms with Crippen molar-refractivity contribution in [3.8, 4) is 0 Å². The molecule has 1 unspecified atom stereocenters. The minimum atomic E-state index is 0.740. The maximum atomic E-state index is 4.48. The van der Waals surface area contributed by atoms with Crippen molar-refractivity contribution >= 4 is 23.4 Å². The maximum absolute atomic E-state index is 4.48. The first kappa shape index (κ1) is 12.5. The maximum Gasteiger partial charge on any atom is 0.146 e. The van der Waals surface area contributed by atoms with Crippen LogP contribution in [0, 0.1) is 0 Å². The van der Waals surface area contributed by atoms with Crippen molar-refractivity contribution in [2.45, 2.75) is 31.4 Å². The average Bonchev–Trinajstić information content (AvgIpc) is 2.87. The van der Waals surface area contributed by atoms with Gasteiger partial charge in [-0.2, -0.15) is 11.8 Å². The molecule has 0 aliphatic carbocycles. The van der Waals surface area contributed by atoms with Gasteiger partial charge in [-0.1, -0.05) is 6.92 Å². The Bertz CT molecular complexity index is 339. The fourth-order valence-corrected chi connectivity index (χ4v) is 3.01. The van der Waals surface area contributed by atoms with E-state index in [2.05, 4.69) is 39.3 Å². The lowest BCUT2D eigenvalue weighted by molar-refractivity contribution is 0.803. The average molecular weight is 252 g/mol. The number of hydrogen-bond acceptors (Lipinski definition) is 5. The molecule has 1 aliphatic heterocycles. The van der Waals surface area contributed by atoms with E-state index >= 15 is 0 Å². The summed E-state index contributed by atoms with van der Waals surface area (Å²) in [4.78, 5) is 8.67. The topological polar surface area (TPSA) is 49.8 Å². The lowest BCUT2D eigenvalue weighted by Crippen LogP contribution is -2.15. The van der Waals surface area contributed by atoms with Crippen molar-refractivity contribution in [3.63, 3.8) is 0 Å². The van der Waals surface area contributed by atoms with E-state index in [9.17, 15) is 0 Å². The largest absolute Gasteiger partial charge is 0.369 e. The number of nitrogens with one attached hydrogen (secondary N) is 2. The molecule has 1 aromatic rings. The van der Waals surface area contributed by atoms with E-state index in [0.29, 0.717) is 0 Å². The Hall–Kier alpha value is -0.970. The molecule has 0 bridgehead atoms. The summed E-state index contributed by atoms with van der Waals surface area (Å²) in [6, 6.07) is 0. The molecule has 94 valence electrons. The monoisotopic (exact) mass is 252 g/mol. The number of nitrogens with zero attached hydrogens (tertiary/aromatic N) is 2. The zero-order chi connectivity index (χ0) is 11.9. The normalized spacial score (nSPS) is 19.2. The standard InChI is InChI=1S/C12H20N4S/c1-2-5-14-11-8-13-9-12(16-11)15-7-10-4-3-6-17-10/h8-10H,2-7H2,1H3,(H2,14,15,16). The van der Waals surface area contributed by atoms with Crippen LogP contribution in [0.4, 0.5) is 11.6 Å². The highest BCUT2D eigenvalue weighted by Crippen LogP contribution is 2.26. The summed E-state index contributed by atoms with van der Waals surface area (Å²) in [6.45, 7) is 4.08. The van der Waals surface area contributed by atoms with E-state index in [1.54, 1.807) is 12.4 Å². The fraction of sp³-hybridized carbons (Fsp3) is 0.667.